The minimum absolute atomic E-state index is 0.315. The Balaban J connectivity index is 1.69. The van der Waals surface area contributed by atoms with E-state index < -0.39 is 11.5 Å². The molecule has 146 valence electrons. The highest BCUT2D eigenvalue weighted by molar-refractivity contribution is 6.30. The molecule has 0 unspecified atom stereocenters. The molecule has 1 aliphatic heterocycles. The summed E-state index contributed by atoms with van der Waals surface area (Å²) in [7, 11) is 0. The van der Waals surface area contributed by atoms with Crippen LogP contribution >= 0.6 is 11.6 Å². The number of anilines is 1. The molecule has 1 N–H and O–H groups in total. The Morgan fingerprint density at radius 3 is 2.38 bits per heavy atom. The maximum atomic E-state index is 13.3. The number of Topliss-reactive ketones (excluding diaryl/α,β-unsaturated/α-hetero) is 1. The van der Waals surface area contributed by atoms with Gasteiger partial charge in [-0.15, -0.1) is 0 Å². The predicted molar refractivity (Wildman–Crippen MR) is 113 cm³/mol. The fourth-order valence-corrected chi connectivity index (χ4v) is 3.89. The van der Waals surface area contributed by atoms with Crippen LogP contribution in [-0.2, 0) is 16.9 Å². The average molecular weight is 406 g/mol. The summed E-state index contributed by atoms with van der Waals surface area (Å²) in [6, 6.07) is 21.3. The lowest BCUT2D eigenvalue weighted by molar-refractivity contribution is -0.136. The third kappa shape index (κ3) is 3.46. The molecular weight excluding hydrogens is 386 g/mol. The summed E-state index contributed by atoms with van der Waals surface area (Å²) in [5.74, 6) is -0.797. The summed E-state index contributed by atoms with van der Waals surface area (Å²) in [5, 5.41) is 11.9. The van der Waals surface area contributed by atoms with Crippen molar-refractivity contribution in [3.63, 3.8) is 0 Å². The molecule has 0 aliphatic carbocycles. The van der Waals surface area contributed by atoms with Crippen molar-refractivity contribution in [3.8, 4) is 0 Å². The molecule has 0 spiro atoms. The zero-order valence-corrected chi connectivity index (χ0v) is 16.7. The van der Waals surface area contributed by atoms with E-state index in [0.717, 1.165) is 11.1 Å². The summed E-state index contributed by atoms with van der Waals surface area (Å²) < 4.78 is 0. The number of ketones is 1. The van der Waals surface area contributed by atoms with E-state index in [1.807, 2.05) is 37.3 Å². The number of benzene rings is 3. The van der Waals surface area contributed by atoms with Gasteiger partial charge in [-0.05, 0) is 48.4 Å². The van der Waals surface area contributed by atoms with Gasteiger partial charge < -0.3 is 10.0 Å². The number of para-hydroxylation sites is 1. The molecule has 0 saturated carbocycles. The lowest BCUT2D eigenvalue weighted by atomic mass is 9.88. The summed E-state index contributed by atoms with van der Waals surface area (Å²) in [6.45, 7) is 2.32. The molecule has 3 aromatic rings. The molecule has 0 bridgehead atoms. The molecule has 5 heteroatoms. The maximum absolute atomic E-state index is 13.3. The number of rotatable bonds is 5. The van der Waals surface area contributed by atoms with Crippen LogP contribution in [-0.4, -0.2) is 16.8 Å². The number of aliphatic hydroxyl groups is 1. The van der Waals surface area contributed by atoms with Gasteiger partial charge in [0.2, 0.25) is 0 Å². The third-order valence-electron chi connectivity index (χ3n) is 5.41. The fourth-order valence-electron chi connectivity index (χ4n) is 3.76. The highest BCUT2D eigenvalue weighted by atomic mass is 35.5. The van der Waals surface area contributed by atoms with E-state index >= 15 is 0 Å². The number of hydrogen-bond donors (Lipinski definition) is 1. The SMILES string of the molecule is Cc1ccccc1CN1C(=O)[C@@](O)(CC(=O)c2ccc(Cl)cc2)c2ccccc21. The number of halogens is 1. The normalized spacial score (nSPS) is 18.0. The van der Waals surface area contributed by atoms with Crippen molar-refractivity contribution in [1.29, 1.82) is 0 Å². The smallest absolute Gasteiger partial charge is 0.264 e. The minimum Gasteiger partial charge on any atom is -0.375 e. The second-order valence-electron chi connectivity index (χ2n) is 7.30. The van der Waals surface area contributed by atoms with E-state index in [1.54, 1.807) is 47.4 Å². The second-order valence-corrected chi connectivity index (χ2v) is 7.74. The van der Waals surface area contributed by atoms with Crippen molar-refractivity contribution < 1.29 is 14.7 Å². The third-order valence-corrected chi connectivity index (χ3v) is 5.66. The quantitative estimate of drug-likeness (QED) is 0.628. The minimum atomic E-state index is -1.89. The second kappa shape index (κ2) is 7.47. The van der Waals surface area contributed by atoms with Gasteiger partial charge in [-0.1, -0.05) is 54.1 Å². The molecule has 0 radical (unpaired) electrons. The number of nitrogens with zero attached hydrogens (tertiary/aromatic N) is 1. The molecule has 1 amide bonds. The monoisotopic (exact) mass is 405 g/mol. The van der Waals surface area contributed by atoms with Gasteiger partial charge in [0.15, 0.2) is 11.4 Å². The van der Waals surface area contributed by atoms with E-state index in [2.05, 4.69) is 0 Å². The lowest BCUT2D eigenvalue weighted by Gasteiger charge is -2.23. The molecule has 1 heterocycles. The van der Waals surface area contributed by atoms with Gasteiger partial charge in [-0.3, -0.25) is 9.59 Å². The number of carbonyl (C=O) groups excluding carboxylic acids is 2. The first-order valence-electron chi connectivity index (χ1n) is 9.37. The molecule has 3 aromatic carbocycles. The topological polar surface area (TPSA) is 57.6 Å². The van der Waals surface area contributed by atoms with Gasteiger partial charge in [-0.25, -0.2) is 0 Å². The summed E-state index contributed by atoms with van der Waals surface area (Å²) in [4.78, 5) is 27.7. The van der Waals surface area contributed by atoms with Crippen LogP contribution in [0.2, 0.25) is 5.02 Å². The molecule has 0 aromatic heterocycles. The Morgan fingerprint density at radius 1 is 1.00 bits per heavy atom. The number of hydrogen-bond acceptors (Lipinski definition) is 3. The van der Waals surface area contributed by atoms with Crippen LogP contribution in [0.15, 0.2) is 72.8 Å². The number of amides is 1. The zero-order valence-electron chi connectivity index (χ0n) is 15.9. The van der Waals surface area contributed by atoms with Crippen LogP contribution in [0, 0.1) is 6.92 Å². The molecular formula is C24H20ClNO3. The molecule has 0 saturated heterocycles. The highest BCUT2D eigenvalue weighted by Crippen LogP contribution is 2.43. The first-order valence-corrected chi connectivity index (χ1v) is 9.75. The number of fused-ring (bicyclic) bond motifs is 1. The van der Waals surface area contributed by atoms with Crippen molar-refractivity contribution in [2.45, 2.75) is 25.5 Å². The largest absolute Gasteiger partial charge is 0.375 e. The molecule has 4 rings (SSSR count). The van der Waals surface area contributed by atoms with E-state index in [1.165, 1.54) is 0 Å². The van der Waals surface area contributed by atoms with Crippen LogP contribution < -0.4 is 4.90 Å². The summed E-state index contributed by atoms with van der Waals surface area (Å²) in [6.07, 6.45) is -0.325. The lowest BCUT2D eigenvalue weighted by Crippen LogP contribution is -2.41. The average Bonchev–Trinajstić information content (AvgIpc) is 2.92. The number of aryl methyl sites for hydroxylation is 1. The van der Waals surface area contributed by atoms with Gasteiger partial charge in [-0.2, -0.15) is 0 Å². The number of carbonyl (C=O) groups is 2. The van der Waals surface area contributed by atoms with E-state index in [4.69, 9.17) is 11.6 Å². The Morgan fingerprint density at radius 2 is 1.66 bits per heavy atom. The van der Waals surface area contributed by atoms with E-state index in [9.17, 15) is 14.7 Å². The van der Waals surface area contributed by atoms with Crippen LogP contribution in [0.3, 0.4) is 0 Å². The highest BCUT2D eigenvalue weighted by Gasteiger charge is 2.50. The van der Waals surface area contributed by atoms with Crippen LogP contribution in [0.5, 0.6) is 0 Å². The van der Waals surface area contributed by atoms with Crippen molar-refractivity contribution in [1.82, 2.24) is 0 Å². The van der Waals surface area contributed by atoms with Crippen LogP contribution in [0.1, 0.15) is 33.5 Å². The van der Waals surface area contributed by atoms with Gasteiger partial charge in [0.05, 0.1) is 18.7 Å². The van der Waals surface area contributed by atoms with Gasteiger partial charge >= 0.3 is 0 Å². The Kier molecular flexibility index (Phi) is 4.99. The first kappa shape index (κ1) is 19.4. The van der Waals surface area contributed by atoms with Crippen molar-refractivity contribution in [2.24, 2.45) is 0 Å². The first-order chi connectivity index (χ1) is 13.9. The summed E-state index contributed by atoms with van der Waals surface area (Å²) in [5.41, 5.74) is 1.66. The molecule has 1 atom stereocenters. The van der Waals surface area contributed by atoms with Gasteiger partial charge in [0.25, 0.3) is 5.91 Å². The Bertz CT molecular complexity index is 1090. The molecule has 0 fully saturated rings. The van der Waals surface area contributed by atoms with Gasteiger partial charge in [0.1, 0.15) is 0 Å². The molecule has 29 heavy (non-hydrogen) atoms. The Labute approximate surface area is 174 Å². The maximum Gasteiger partial charge on any atom is 0.264 e. The fraction of sp³-hybridized carbons (Fsp3) is 0.167. The predicted octanol–water partition coefficient (Wildman–Crippen LogP) is 4.66. The van der Waals surface area contributed by atoms with E-state index in [0.29, 0.717) is 28.4 Å². The standard InChI is InChI=1S/C24H20ClNO3/c1-16-6-2-3-7-18(16)15-26-21-9-5-4-8-20(21)24(29,23(26)28)14-22(27)17-10-12-19(25)13-11-17/h2-13,29H,14-15H2,1H3/t24-/m1/s1. The van der Waals surface area contributed by atoms with Crippen molar-refractivity contribution in [3.05, 3.63) is 100 Å². The van der Waals surface area contributed by atoms with Crippen molar-refractivity contribution >= 4 is 29.0 Å². The van der Waals surface area contributed by atoms with E-state index in [-0.39, 0.29) is 12.2 Å². The molecule has 4 nitrogen and oxygen atoms in total. The Hall–Kier alpha value is -2.95. The zero-order chi connectivity index (χ0) is 20.6. The summed E-state index contributed by atoms with van der Waals surface area (Å²) >= 11 is 5.89. The van der Waals surface area contributed by atoms with Crippen molar-refractivity contribution in [2.75, 3.05) is 4.90 Å². The molecule has 1 aliphatic rings. The van der Waals surface area contributed by atoms with Crippen LogP contribution in [0.4, 0.5) is 5.69 Å². The van der Waals surface area contributed by atoms with Gasteiger partial charge in [0, 0.05) is 16.1 Å². The van der Waals surface area contributed by atoms with Crippen LogP contribution in [0.25, 0.3) is 0 Å².